The van der Waals surface area contributed by atoms with Crippen LogP contribution in [-0.2, 0) is 0 Å². The largest absolute Gasteiger partial charge is 0.461 e. The SMILES string of the molecule is NCC1(CC(=O)c2ccco2)CCCCC1. The molecule has 1 fully saturated rings. The van der Waals surface area contributed by atoms with E-state index in [0.29, 0.717) is 18.7 Å². The van der Waals surface area contributed by atoms with Crippen molar-refractivity contribution in [2.24, 2.45) is 11.1 Å². The summed E-state index contributed by atoms with van der Waals surface area (Å²) in [5.41, 5.74) is 5.89. The van der Waals surface area contributed by atoms with E-state index in [-0.39, 0.29) is 11.2 Å². The summed E-state index contributed by atoms with van der Waals surface area (Å²) < 4.78 is 5.14. The van der Waals surface area contributed by atoms with Crippen LogP contribution in [0.4, 0.5) is 0 Å². The lowest BCUT2D eigenvalue weighted by molar-refractivity contribution is 0.0840. The highest BCUT2D eigenvalue weighted by atomic mass is 16.3. The highest BCUT2D eigenvalue weighted by Crippen LogP contribution is 2.39. The summed E-state index contributed by atoms with van der Waals surface area (Å²) in [7, 11) is 0. The summed E-state index contributed by atoms with van der Waals surface area (Å²) in [6, 6.07) is 3.48. The smallest absolute Gasteiger partial charge is 0.198 e. The van der Waals surface area contributed by atoms with Crippen LogP contribution >= 0.6 is 0 Å². The molecule has 16 heavy (non-hydrogen) atoms. The minimum absolute atomic E-state index is 0.0299. The zero-order chi connectivity index (χ0) is 11.4. The highest BCUT2D eigenvalue weighted by molar-refractivity contribution is 5.93. The molecule has 0 aliphatic heterocycles. The van der Waals surface area contributed by atoms with Crippen LogP contribution in [0.5, 0.6) is 0 Å². The van der Waals surface area contributed by atoms with Gasteiger partial charge in [-0.25, -0.2) is 0 Å². The lowest BCUT2D eigenvalue weighted by atomic mass is 9.71. The number of nitrogens with two attached hydrogens (primary N) is 1. The Kier molecular flexibility index (Phi) is 3.44. The summed E-state index contributed by atoms with van der Waals surface area (Å²) in [6.07, 6.45) is 7.91. The number of hydrogen-bond donors (Lipinski definition) is 1. The molecular formula is C13H19NO2. The highest BCUT2D eigenvalue weighted by Gasteiger charge is 2.33. The van der Waals surface area contributed by atoms with E-state index in [0.717, 1.165) is 12.8 Å². The van der Waals surface area contributed by atoms with Crippen molar-refractivity contribution in [2.45, 2.75) is 38.5 Å². The molecule has 2 N–H and O–H groups in total. The summed E-state index contributed by atoms with van der Waals surface area (Å²) >= 11 is 0. The van der Waals surface area contributed by atoms with Gasteiger partial charge in [0.2, 0.25) is 0 Å². The molecule has 0 aromatic carbocycles. The summed E-state index contributed by atoms with van der Waals surface area (Å²) in [4.78, 5) is 12.0. The fraction of sp³-hybridized carbons (Fsp3) is 0.615. The van der Waals surface area contributed by atoms with Crippen molar-refractivity contribution in [1.82, 2.24) is 0 Å². The van der Waals surface area contributed by atoms with Crippen molar-refractivity contribution in [3.05, 3.63) is 24.2 Å². The van der Waals surface area contributed by atoms with Crippen LogP contribution < -0.4 is 5.73 Å². The van der Waals surface area contributed by atoms with Gasteiger partial charge in [0.25, 0.3) is 0 Å². The minimum Gasteiger partial charge on any atom is -0.461 e. The van der Waals surface area contributed by atoms with Crippen molar-refractivity contribution in [3.8, 4) is 0 Å². The molecule has 0 spiro atoms. The minimum atomic E-state index is 0.0299. The van der Waals surface area contributed by atoms with E-state index in [1.54, 1.807) is 18.4 Å². The average molecular weight is 221 g/mol. The number of carbonyl (C=O) groups excluding carboxylic acids is 1. The first-order valence-electron chi connectivity index (χ1n) is 6.03. The number of hydrogen-bond acceptors (Lipinski definition) is 3. The topological polar surface area (TPSA) is 56.2 Å². The molecule has 1 aliphatic carbocycles. The Morgan fingerprint density at radius 1 is 1.38 bits per heavy atom. The van der Waals surface area contributed by atoms with E-state index < -0.39 is 0 Å². The molecule has 88 valence electrons. The van der Waals surface area contributed by atoms with E-state index in [2.05, 4.69) is 0 Å². The molecule has 0 saturated heterocycles. The van der Waals surface area contributed by atoms with Crippen molar-refractivity contribution in [2.75, 3.05) is 6.54 Å². The van der Waals surface area contributed by atoms with Crippen LogP contribution in [0, 0.1) is 5.41 Å². The quantitative estimate of drug-likeness (QED) is 0.795. The molecule has 1 aliphatic rings. The maximum Gasteiger partial charge on any atom is 0.198 e. The lowest BCUT2D eigenvalue weighted by Gasteiger charge is -2.35. The molecule has 0 atom stereocenters. The predicted molar refractivity (Wildman–Crippen MR) is 62.2 cm³/mol. The number of ketones is 1. The zero-order valence-corrected chi connectivity index (χ0v) is 9.58. The molecule has 0 bridgehead atoms. The first-order valence-corrected chi connectivity index (χ1v) is 6.03. The maximum absolute atomic E-state index is 12.0. The van der Waals surface area contributed by atoms with E-state index in [4.69, 9.17) is 10.2 Å². The van der Waals surface area contributed by atoms with Crippen LogP contribution in [0.2, 0.25) is 0 Å². The Balaban J connectivity index is 2.03. The Hall–Kier alpha value is -1.09. The van der Waals surface area contributed by atoms with Gasteiger partial charge in [-0.15, -0.1) is 0 Å². The molecular weight excluding hydrogens is 202 g/mol. The second-order valence-electron chi connectivity index (χ2n) is 4.84. The van der Waals surface area contributed by atoms with Gasteiger partial charge in [-0.3, -0.25) is 4.79 Å². The zero-order valence-electron chi connectivity index (χ0n) is 9.58. The van der Waals surface area contributed by atoms with Gasteiger partial charge in [0, 0.05) is 6.42 Å². The van der Waals surface area contributed by atoms with Crippen LogP contribution in [0.25, 0.3) is 0 Å². The third-order valence-electron chi connectivity index (χ3n) is 3.68. The maximum atomic E-state index is 12.0. The third kappa shape index (κ3) is 2.35. The van der Waals surface area contributed by atoms with Gasteiger partial charge < -0.3 is 10.2 Å². The fourth-order valence-electron chi connectivity index (χ4n) is 2.62. The monoisotopic (exact) mass is 221 g/mol. The van der Waals surface area contributed by atoms with Crippen LogP contribution in [0.15, 0.2) is 22.8 Å². The van der Waals surface area contributed by atoms with Gasteiger partial charge in [0.05, 0.1) is 6.26 Å². The van der Waals surface area contributed by atoms with E-state index >= 15 is 0 Å². The Labute approximate surface area is 96.0 Å². The van der Waals surface area contributed by atoms with Gasteiger partial charge in [-0.1, -0.05) is 19.3 Å². The number of carbonyl (C=O) groups is 1. The average Bonchev–Trinajstić information content (AvgIpc) is 2.84. The summed E-state index contributed by atoms with van der Waals surface area (Å²) in [6.45, 7) is 0.611. The normalized spacial score (nSPS) is 19.6. The first-order chi connectivity index (χ1) is 7.76. The molecule has 3 heteroatoms. The second-order valence-corrected chi connectivity index (χ2v) is 4.84. The molecule has 1 saturated carbocycles. The molecule has 0 amide bonds. The molecule has 2 rings (SSSR count). The standard InChI is InChI=1S/C13H19NO2/c14-10-13(6-2-1-3-7-13)9-11(15)12-5-4-8-16-12/h4-5,8H,1-3,6-7,9-10,14H2. The predicted octanol–water partition coefficient (Wildman–Crippen LogP) is 2.76. The Bertz CT molecular complexity index is 337. The fourth-order valence-corrected chi connectivity index (χ4v) is 2.62. The van der Waals surface area contributed by atoms with Gasteiger partial charge >= 0.3 is 0 Å². The van der Waals surface area contributed by atoms with E-state index in [1.165, 1.54) is 19.3 Å². The van der Waals surface area contributed by atoms with Crippen LogP contribution in [0.3, 0.4) is 0 Å². The van der Waals surface area contributed by atoms with Gasteiger partial charge in [-0.2, -0.15) is 0 Å². The third-order valence-corrected chi connectivity index (χ3v) is 3.68. The van der Waals surface area contributed by atoms with Gasteiger partial charge in [0.15, 0.2) is 11.5 Å². The summed E-state index contributed by atoms with van der Waals surface area (Å²) in [5.74, 6) is 0.566. The van der Waals surface area contributed by atoms with Gasteiger partial charge in [-0.05, 0) is 36.9 Å². The Morgan fingerprint density at radius 2 is 2.12 bits per heavy atom. The second kappa shape index (κ2) is 4.83. The van der Waals surface area contributed by atoms with Crippen LogP contribution in [-0.4, -0.2) is 12.3 Å². The molecule has 1 aromatic heterocycles. The van der Waals surface area contributed by atoms with Crippen molar-refractivity contribution in [3.63, 3.8) is 0 Å². The van der Waals surface area contributed by atoms with Crippen molar-refractivity contribution >= 4 is 5.78 Å². The number of furan rings is 1. The summed E-state index contributed by atoms with van der Waals surface area (Å²) in [5, 5.41) is 0. The van der Waals surface area contributed by atoms with E-state index in [1.807, 2.05) is 0 Å². The first kappa shape index (κ1) is 11.4. The van der Waals surface area contributed by atoms with Gasteiger partial charge in [0.1, 0.15) is 0 Å². The van der Waals surface area contributed by atoms with Crippen molar-refractivity contribution < 1.29 is 9.21 Å². The lowest BCUT2D eigenvalue weighted by Crippen LogP contribution is -2.35. The van der Waals surface area contributed by atoms with E-state index in [9.17, 15) is 4.79 Å². The number of Topliss-reactive ketones (excluding diaryl/α,β-unsaturated/α-hetero) is 1. The Morgan fingerprint density at radius 3 is 2.69 bits per heavy atom. The van der Waals surface area contributed by atoms with Crippen molar-refractivity contribution in [1.29, 1.82) is 0 Å². The molecule has 1 aromatic rings. The number of rotatable bonds is 4. The molecule has 1 heterocycles. The molecule has 0 unspecified atom stereocenters. The molecule has 3 nitrogen and oxygen atoms in total. The molecule has 0 radical (unpaired) electrons. The van der Waals surface area contributed by atoms with Crippen LogP contribution in [0.1, 0.15) is 49.1 Å².